The van der Waals surface area contributed by atoms with Crippen LogP contribution in [0.1, 0.15) is 46.6 Å². The van der Waals surface area contributed by atoms with Gasteiger partial charge < -0.3 is 5.32 Å². The topological polar surface area (TPSA) is 29.3 Å². The number of fused-ring (bicyclic) bond motifs is 1. The van der Waals surface area contributed by atoms with Crippen LogP contribution in [0.25, 0.3) is 16.2 Å². The van der Waals surface area contributed by atoms with Crippen LogP contribution >= 0.6 is 11.3 Å². The van der Waals surface area contributed by atoms with Crippen molar-refractivity contribution in [1.82, 2.24) is 9.38 Å². The van der Waals surface area contributed by atoms with Crippen molar-refractivity contribution in [2.45, 2.75) is 52.8 Å². The van der Waals surface area contributed by atoms with E-state index in [1.54, 1.807) is 0 Å². The molecule has 2 aromatic heterocycles. The molecular weight excluding hydrogens is 371 g/mol. The van der Waals surface area contributed by atoms with Crippen LogP contribution in [0.5, 0.6) is 0 Å². The Balaban J connectivity index is 2.02. The lowest BCUT2D eigenvalue weighted by Crippen LogP contribution is -2.36. The second kappa shape index (κ2) is 6.55. The van der Waals surface area contributed by atoms with E-state index >= 15 is 0 Å². The Morgan fingerprint density at radius 2 is 1.67 bits per heavy atom. The lowest BCUT2D eigenvalue weighted by Gasteiger charge is -2.34. The maximum atomic E-state index is 12.9. The van der Waals surface area contributed by atoms with Gasteiger partial charge in [0.15, 0.2) is 4.96 Å². The Bertz CT molecular complexity index is 928. The molecule has 0 aliphatic rings. The summed E-state index contributed by atoms with van der Waals surface area (Å²) >= 11 is 1.50. The fourth-order valence-corrected chi connectivity index (χ4v) is 4.33. The summed E-state index contributed by atoms with van der Waals surface area (Å²) < 4.78 is 40.6. The second-order valence-electron chi connectivity index (χ2n) is 8.69. The SMILES string of the molecule is CC(C)(C)CC(C)(C)Nc1c(-c2ccc(C(F)(F)F)cc2)nc2sccn12. The summed E-state index contributed by atoms with van der Waals surface area (Å²) in [6, 6.07) is 5.17. The maximum absolute atomic E-state index is 12.9. The van der Waals surface area contributed by atoms with Crippen molar-refractivity contribution in [2.75, 3.05) is 5.32 Å². The molecule has 3 rings (SSSR count). The van der Waals surface area contributed by atoms with Crippen molar-refractivity contribution in [3.8, 4) is 11.3 Å². The van der Waals surface area contributed by atoms with Gasteiger partial charge in [0.25, 0.3) is 0 Å². The average Bonchev–Trinajstić information content (AvgIpc) is 3.06. The van der Waals surface area contributed by atoms with Gasteiger partial charge in [0.1, 0.15) is 11.5 Å². The van der Waals surface area contributed by atoms with Gasteiger partial charge in [-0.05, 0) is 37.8 Å². The van der Waals surface area contributed by atoms with Crippen LogP contribution in [0.3, 0.4) is 0 Å². The Labute approximate surface area is 161 Å². The van der Waals surface area contributed by atoms with E-state index in [9.17, 15) is 13.2 Å². The lowest BCUT2D eigenvalue weighted by molar-refractivity contribution is -0.137. The fourth-order valence-electron chi connectivity index (χ4n) is 3.61. The molecule has 0 spiro atoms. The van der Waals surface area contributed by atoms with E-state index in [-0.39, 0.29) is 11.0 Å². The predicted octanol–water partition coefficient (Wildman–Crippen LogP) is 6.71. The molecule has 1 N–H and O–H groups in total. The Kier molecular flexibility index (Phi) is 4.78. The minimum atomic E-state index is -4.34. The van der Waals surface area contributed by atoms with E-state index in [1.807, 2.05) is 16.0 Å². The molecule has 0 atom stereocenters. The Morgan fingerprint density at radius 3 is 2.22 bits per heavy atom. The zero-order valence-corrected chi connectivity index (χ0v) is 16.9. The molecule has 0 amide bonds. The van der Waals surface area contributed by atoms with Gasteiger partial charge in [0, 0.05) is 22.7 Å². The number of nitrogens with one attached hydrogen (secondary N) is 1. The molecule has 146 valence electrons. The summed E-state index contributed by atoms with van der Waals surface area (Å²) in [6.07, 6.45) is -1.50. The number of benzene rings is 1. The van der Waals surface area contributed by atoms with Crippen LogP contribution in [-0.2, 0) is 6.18 Å². The first kappa shape index (κ1) is 19.7. The van der Waals surface area contributed by atoms with E-state index in [1.165, 1.54) is 23.5 Å². The van der Waals surface area contributed by atoms with Crippen LogP contribution in [0, 0.1) is 5.41 Å². The summed E-state index contributed by atoms with van der Waals surface area (Å²) in [7, 11) is 0. The quantitative estimate of drug-likeness (QED) is 0.532. The number of thiazole rings is 1. The third-order valence-corrected chi connectivity index (χ3v) is 4.93. The summed E-state index contributed by atoms with van der Waals surface area (Å²) in [4.78, 5) is 5.46. The van der Waals surface area contributed by atoms with Crippen LogP contribution in [0.2, 0.25) is 0 Å². The molecular formula is C20H24F3N3S. The second-order valence-corrected chi connectivity index (χ2v) is 9.56. The molecule has 0 aliphatic heterocycles. The molecule has 1 aromatic carbocycles. The molecule has 3 aromatic rings. The van der Waals surface area contributed by atoms with Crippen LogP contribution in [0.15, 0.2) is 35.8 Å². The number of imidazole rings is 1. The molecule has 0 bridgehead atoms. The van der Waals surface area contributed by atoms with E-state index < -0.39 is 11.7 Å². The number of hydrogen-bond acceptors (Lipinski definition) is 3. The number of rotatable bonds is 4. The summed E-state index contributed by atoms with van der Waals surface area (Å²) in [5, 5.41) is 5.53. The zero-order valence-electron chi connectivity index (χ0n) is 16.1. The van der Waals surface area contributed by atoms with E-state index in [4.69, 9.17) is 0 Å². The van der Waals surface area contributed by atoms with Crippen molar-refractivity contribution in [1.29, 1.82) is 0 Å². The van der Waals surface area contributed by atoms with Crippen LogP contribution in [0.4, 0.5) is 19.0 Å². The van der Waals surface area contributed by atoms with Crippen LogP contribution in [-0.4, -0.2) is 14.9 Å². The van der Waals surface area contributed by atoms with Gasteiger partial charge in [-0.3, -0.25) is 4.40 Å². The van der Waals surface area contributed by atoms with Crippen LogP contribution < -0.4 is 5.32 Å². The highest BCUT2D eigenvalue weighted by molar-refractivity contribution is 7.15. The normalized spacial score (nSPS) is 13.3. The smallest absolute Gasteiger partial charge is 0.364 e. The Hall–Kier alpha value is -2.02. The summed E-state index contributed by atoms with van der Waals surface area (Å²) in [6.45, 7) is 10.8. The standard InChI is InChI=1S/C20H24F3N3S/c1-18(2,3)12-19(4,5)25-16-15(24-17-26(16)10-11-27-17)13-6-8-14(9-7-13)20(21,22)23/h6-11,25H,12H2,1-5H3. The molecule has 0 unspecified atom stereocenters. The molecule has 2 heterocycles. The third kappa shape index (κ3) is 4.46. The van der Waals surface area contributed by atoms with Crippen molar-refractivity contribution >= 4 is 22.1 Å². The molecule has 0 radical (unpaired) electrons. The summed E-state index contributed by atoms with van der Waals surface area (Å²) in [5.74, 6) is 0.806. The lowest BCUT2D eigenvalue weighted by atomic mass is 9.82. The monoisotopic (exact) mass is 395 g/mol. The molecule has 0 aliphatic carbocycles. The van der Waals surface area contributed by atoms with Crippen molar-refractivity contribution in [3.05, 3.63) is 41.4 Å². The van der Waals surface area contributed by atoms with Gasteiger partial charge in [0.05, 0.1) is 5.56 Å². The van der Waals surface area contributed by atoms with Gasteiger partial charge in [-0.15, -0.1) is 11.3 Å². The number of nitrogens with zero attached hydrogens (tertiary/aromatic N) is 2. The Morgan fingerprint density at radius 1 is 1.04 bits per heavy atom. The first-order valence-corrected chi connectivity index (χ1v) is 9.65. The first-order chi connectivity index (χ1) is 12.4. The van der Waals surface area contributed by atoms with Gasteiger partial charge in [-0.1, -0.05) is 32.9 Å². The minimum absolute atomic E-state index is 0.128. The van der Waals surface area contributed by atoms with E-state index in [0.29, 0.717) is 11.3 Å². The number of alkyl halides is 3. The maximum Gasteiger partial charge on any atom is 0.416 e. The summed E-state index contributed by atoms with van der Waals surface area (Å²) in [5.41, 5.74) is 0.584. The molecule has 3 nitrogen and oxygen atoms in total. The zero-order chi connectivity index (χ0) is 20.0. The average molecular weight is 395 g/mol. The highest BCUT2D eigenvalue weighted by Gasteiger charge is 2.31. The molecule has 0 saturated carbocycles. The number of aromatic nitrogens is 2. The predicted molar refractivity (Wildman–Crippen MR) is 105 cm³/mol. The molecule has 27 heavy (non-hydrogen) atoms. The molecule has 0 saturated heterocycles. The number of halogens is 3. The largest absolute Gasteiger partial charge is 0.416 e. The van der Waals surface area contributed by atoms with Gasteiger partial charge >= 0.3 is 6.18 Å². The van der Waals surface area contributed by atoms with Gasteiger partial charge in [-0.2, -0.15) is 13.2 Å². The molecule has 7 heteroatoms. The molecule has 0 fully saturated rings. The number of hydrogen-bond donors (Lipinski definition) is 1. The van der Waals surface area contributed by atoms with Crippen molar-refractivity contribution in [2.24, 2.45) is 5.41 Å². The number of anilines is 1. The van der Waals surface area contributed by atoms with Gasteiger partial charge in [0.2, 0.25) is 0 Å². The highest BCUT2D eigenvalue weighted by Crippen LogP contribution is 2.37. The van der Waals surface area contributed by atoms with E-state index in [0.717, 1.165) is 29.3 Å². The minimum Gasteiger partial charge on any atom is -0.364 e. The highest BCUT2D eigenvalue weighted by atomic mass is 32.1. The third-order valence-electron chi connectivity index (χ3n) is 4.18. The van der Waals surface area contributed by atoms with E-state index in [2.05, 4.69) is 44.9 Å². The van der Waals surface area contributed by atoms with Gasteiger partial charge in [-0.25, -0.2) is 4.98 Å². The van der Waals surface area contributed by atoms with Crippen molar-refractivity contribution in [3.63, 3.8) is 0 Å². The fraction of sp³-hybridized carbons (Fsp3) is 0.450. The van der Waals surface area contributed by atoms with Crippen molar-refractivity contribution < 1.29 is 13.2 Å². The first-order valence-electron chi connectivity index (χ1n) is 8.77.